The van der Waals surface area contributed by atoms with Crippen molar-refractivity contribution in [2.45, 2.75) is 51.7 Å². The van der Waals surface area contributed by atoms with Crippen molar-refractivity contribution < 1.29 is 9.47 Å². The largest absolute Gasteiger partial charge is 0.497 e. The van der Waals surface area contributed by atoms with Crippen LogP contribution in [0, 0.1) is 0 Å². The molecule has 0 aliphatic carbocycles. The topological polar surface area (TPSA) is 52.4 Å². The van der Waals surface area contributed by atoms with E-state index in [9.17, 15) is 0 Å². The normalized spacial score (nSPS) is 18.5. The number of hydrogen-bond donors (Lipinski definition) is 0. The standard InChI is InChI=1S/C19H28N4O2/c1-19(2,3)23-18(20-13-21-23)12-22-10-6-7-16(22)15-11-14(24-4)8-9-17(15)25-5/h8-9,11,13,16H,6-7,10,12H2,1-5H3/t16-/m0/s1. The number of methoxy groups -OCH3 is 2. The molecule has 1 aromatic heterocycles. The van der Waals surface area contributed by atoms with Crippen molar-refractivity contribution in [1.29, 1.82) is 0 Å². The van der Waals surface area contributed by atoms with Gasteiger partial charge in [0.05, 0.1) is 26.3 Å². The van der Waals surface area contributed by atoms with Crippen LogP contribution in [0.25, 0.3) is 0 Å². The van der Waals surface area contributed by atoms with Crippen LogP contribution in [-0.4, -0.2) is 40.4 Å². The average Bonchev–Trinajstić information content (AvgIpc) is 3.23. The fourth-order valence-electron chi connectivity index (χ4n) is 3.58. The fourth-order valence-corrected chi connectivity index (χ4v) is 3.58. The molecule has 0 bridgehead atoms. The van der Waals surface area contributed by atoms with Crippen molar-refractivity contribution >= 4 is 0 Å². The predicted octanol–water partition coefficient (Wildman–Crippen LogP) is 3.39. The van der Waals surface area contributed by atoms with Gasteiger partial charge in [0.25, 0.3) is 0 Å². The van der Waals surface area contributed by atoms with E-state index in [0.717, 1.165) is 43.3 Å². The molecule has 1 saturated heterocycles. The number of benzene rings is 1. The van der Waals surface area contributed by atoms with Gasteiger partial charge in [0, 0.05) is 11.6 Å². The minimum absolute atomic E-state index is 0.0747. The van der Waals surface area contributed by atoms with Gasteiger partial charge < -0.3 is 9.47 Å². The molecule has 6 nitrogen and oxygen atoms in total. The second-order valence-electron chi connectivity index (χ2n) is 7.50. The van der Waals surface area contributed by atoms with Gasteiger partial charge in [0.1, 0.15) is 23.7 Å². The van der Waals surface area contributed by atoms with Crippen LogP contribution in [0.3, 0.4) is 0 Å². The molecule has 0 spiro atoms. The highest BCUT2D eigenvalue weighted by atomic mass is 16.5. The fraction of sp³-hybridized carbons (Fsp3) is 0.579. The molecule has 1 aromatic carbocycles. The van der Waals surface area contributed by atoms with E-state index < -0.39 is 0 Å². The van der Waals surface area contributed by atoms with Crippen LogP contribution in [-0.2, 0) is 12.1 Å². The van der Waals surface area contributed by atoms with Gasteiger partial charge >= 0.3 is 0 Å². The summed E-state index contributed by atoms with van der Waals surface area (Å²) in [7, 11) is 3.42. The summed E-state index contributed by atoms with van der Waals surface area (Å²) in [5, 5.41) is 4.42. The van der Waals surface area contributed by atoms with Gasteiger partial charge in [-0.2, -0.15) is 5.10 Å². The predicted molar refractivity (Wildman–Crippen MR) is 96.9 cm³/mol. The number of likely N-dealkylation sites (tertiary alicyclic amines) is 1. The van der Waals surface area contributed by atoms with Gasteiger partial charge in [0.2, 0.25) is 0 Å². The summed E-state index contributed by atoms with van der Waals surface area (Å²) in [5.74, 6) is 2.77. The van der Waals surface area contributed by atoms with E-state index in [1.165, 1.54) is 5.56 Å². The van der Waals surface area contributed by atoms with E-state index in [1.807, 2.05) is 16.8 Å². The first-order valence-electron chi connectivity index (χ1n) is 8.79. The third-order valence-corrected chi connectivity index (χ3v) is 4.76. The molecule has 2 heterocycles. The molecule has 0 N–H and O–H groups in total. The van der Waals surface area contributed by atoms with Gasteiger partial charge in [0.15, 0.2) is 0 Å². The molecular formula is C19H28N4O2. The molecule has 25 heavy (non-hydrogen) atoms. The number of hydrogen-bond acceptors (Lipinski definition) is 5. The third-order valence-electron chi connectivity index (χ3n) is 4.76. The number of aromatic nitrogens is 3. The Kier molecular flexibility index (Phi) is 4.99. The van der Waals surface area contributed by atoms with Crippen molar-refractivity contribution in [3.63, 3.8) is 0 Å². The van der Waals surface area contributed by atoms with Gasteiger partial charge in [-0.1, -0.05) is 0 Å². The lowest BCUT2D eigenvalue weighted by Crippen LogP contribution is -2.30. The lowest BCUT2D eigenvalue weighted by atomic mass is 10.0. The van der Waals surface area contributed by atoms with Crippen molar-refractivity contribution in [2.75, 3.05) is 20.8 Å². The summed E-state index contributed by atoms with van der Waals surface area (Å²) in [6, 6.07) is 6.33. The molecule has 1 atom stereocenters. The molecular weight excluding hydrogens is 316 g/mol. The maximum atomic E-state index is 5.60. The quantitative estimate of drug-likeness (QED) is 0.832. The van der Waals surface area contributed by atoms with Crippen LogP contribution in [0.5, 0.6) is 11.5 Å². The smallest absolute Gasteiger partial charge is 0.141 e. The molecule has 1 aliphatic rings. The van der Waals surface area contributed by atoms with Crippen LogP contribution < -0.4 is 9.47 Å². The number of rotatable bonds is 5. The Morgan fingerprint density at radius 2 is 2.00 bits per heavy atom. The number of nitrogens with zero attached hydrogens (tertiary/aromatic N) is 4. The maximum Gasteiger partial charge on any atom is 0.141 e. The highest BCUT2D eigenvalue weighted by Crippen LogP contribution is 2.39. The first kappa shape index (κ1) is 17.7. The Labute approximate surface area is 149 Å². The molecule has 1 aliphatic heterocycles. The van der Waals surface area contributed by atoms with Crippen molar-refractivity contribution in [3.8, 4) is 11.5 Å². The van der Waals surface area contributed by atoms with E-state index in [0.29, 0.717) is 6.04 Å². The zero-order valence-corrected chi connectivity index (χ0v) is 15.8. The van der Waals surface area contributed by atoms with E-state index in [4.69, 9.17) is 9.47 Å². The van der Waals surface area contributed by atoms with Gasteiger partial charge in [-0.15, -0.1) is 0 Å². The van der Waals surface area contributed by atoms with E-state index in [1.54, 1.807) is 20.5 Å². The van der Waals surface area contributed by atoms with Crippen LogP contribution in [0.4, 0.5) is 0 Å². The Morgan fingerprint density at radius 3 is 2.68 bits per heavy atom. The SMILES string of the molecule is COc1ccc(OC)c([C@@H]2CCCN2Cc2ncnn2C(C)(C)C)c1. The molecule has 0 amide bonds. The van der Waals surface area contributed by atoms with Crippen LogP contribution in [0.15, 0.2) is 24.5 Å². The second kappa shape index (κ2) is 7.04. The minimum atomic E-state index is -0.0747. The minimum Gasteiger partial charge on any atom is -0.497 e. The first-order valence-corrected chi connectivity index (χ1v) is 8.79. The summed E-state index contributed by atoms with van der Waals surface area (Å²) in [4.78, 5) is 6.97. The summed E-state index contributed by atoms with van der Waals surface area (Å²) in [5.41, 5.74) is 1.11. The van der Waals surface area contributed by atoms with Crippen molar-refractivity contribution in [2.24, 2.45) is 0 Å². The Balaban J connectivity index is 1.88. The van der Waals surface area contributed by atoms with Crippen LogP contribution in [0.1, 0.15) is 51.0 Å². The molecule has 0 saturated carbocycles. The molecule has 2 aromatic rings. The summed E-state index contributed by atoms with van der Waals surface area (Å²) in [6.45, 7) is 8.28. The van der Waals surface area contributed by atoms with Crippen LogP contribution in [0.2, 0.25) is 0 Å². The Bertz CT molecular complexity index is 720. The van der Waals surface area contributed by atoms with E-state index in [-0.39, 0.29) is 5.54 Å². The Hall–Kier alpha value is -2.08. The summed E-state index contributed by atoms with van der Waals surface area (Å²) >= 11 is 0. The first-order chi connectivity index (χ1) is 11.9. The van der Waals surface area contributed by atoms with Gasteiger partial charge in [-0.3, -0.25) is 4.90 Å². The number of ether oxygens (including phenoxy) is 2. The maximum absolute atomic E-state index is 5.60. The molecule has 6 heteroatoms. The zero-order valence-electron chi connectivity index (χ0n) is 15.8. The average molecular weight is 344 g/mol. The zero-order chi connectivity index (χ0) is 18.0. The molecule has 0 unspecified atom stereocenters. The monoisotopic (exact) mass is 344 g/mol. The van der Waals surface area contributed by atoms with Crippen molar-refractivity contribution in [3.05, 3.63) is 35.9 Å². The van der Waals surface area contributed by atoms with E-state index in [2.05, 4.69) is 41.8 Å². The molecule has 136 valence electrons. The van der Waals surface area contributed by atoms with Gasteiger partial charge in [-0.05, 0) is 58.4 Å². The lowest BCUT2D eigenvalue weighted by molar-refractivity contribution is 0.221. The van der Waals surface area contributed by atoms with Crippen LogP contribution >= 0.6 is 0 Å². The lowest BCUT2D eigenvalue weighted by Gasteiger charge is -2.28. The summed E-state index contributed by atoms with van der Waals surface area (Å²) < 4.78 is 13.0. The van der Waals surface area contributed by atoms with E-state index >= 15 is 0 Å². The highest BCUT2D eigenvalue weighted by Gasteiger charge is 2.30. The third kappa shape index (κ3) is 3.63. The van der Waals surface area contributed by atoms with Crippen molar-refractivity contribution in [1.82, 2.24) is 19.7 Å². The Morgan fingerprint density at radius 1 is 1.20 bits per heavy atom. The molecule has 0 radical (unpaired) electrons. The molecule has 3 rings (SSSR count). The van der Waals surface area contributed by atoms with Gasteiger partial charge in [-0.25, -0.2) is 9.67 Å². The summed E-state index contributed by atoms with van der Waals surface area (Å²) in [6.07, 6.45) is 3.92. The second-order valence-corrected chi connectivity index (χ2v) is 7.50. The molecule has 1 fully saturated rings. The highest BCUT2D eigenvalue weighted by molar-refractivity contribution is 5.42.